The second kappa shape index (κ2) is 8.20. The molecule has 4 nitrogen and oxygen atoms in total. The topological polar surface area (TPSA) is 52.6 Å². The highest BCUT2D eigenvalue weighted by atomic mass is 16.6. The molecule has 0 saturated carbocycles. The third kappa shape index (κ3) is 7.88. The first-order valence-electron chi connectivity index (χ1n) is 7.49. The summed E-state index contributed by atoms with van der Waals surface area (Å²) in [6.07, 6.45) is 2.75. The number of rotatable bonds is 8. The van der Waals surface area contributed by atoms with Crippen LogP contribution in [0.4, 0.5) is 0 Å². The van der Waals surface area contributed by atoms with Gasteiger partial charge < -0.3 is 9.47 Å². The minimum absolute atomic E-state index is 0.0471. The Kier molecular flexibility index (Phi) is 7.69. The van der Waals surface area contributed by atoms with E-state index in [0.29, 0.717) is 0 Å². The highest BCUT2D eigenvalue weighted by molar-refractivity contribution is 5.81. The number of hydrogen-bond donors (Lipinski definition) is 0. The monoisotopic (exact) mass is 298 g/mol. The average Bonchev–Trinajstić information content (AvgIpc) is 2.39. The fourth-order valence-corrected chi connectivity index (χ4v) is 1.98. The maximum absolute atomic E-state index is 12.4. The van der Waals surface area contributed by atoms with Crippen molar-refractivity contribution in [2.75, 3.05) is 13.2 Å². The molecule has 0 bridgehead atoms. The van der Waals surface area contributed by atoms with Gasteiger partial charge in [-0.2, -0.15) is 0 Å². The number of hydrogen-bond acceptors (Lipinski definition) is 4. The normalized spacial score (nSPS) is 13.4. The van der Waals surface area contributed by atoms with Crippen molar-refractivity contribution in [3.8, 4) is 0 Å². The van der Waals surface area contributed by atoms with E-state index in [9.17, 15) is 9.59 Å². The Hall–Kier alpha value is -1.32. The number of ether oxygens (including phenoxy) is 2. The van der Waals surface area contributed by atoms with Crippen LogP contribution in [0.3, 0.4) is 0 Å². The summed E-state index contributed by atoms with van der Waals surface area (Å²) in [6.45, 7) is 16.0. The summed E-state index contributed by atoms with van der Waals surface area (Å²) >= 11 is 0. The molecule has 21 heavy (non-hydrogen) atoms. The molecule has 0 aliphatic heterocycles. The van der Waals surface area contributed by atoms with Gasteiger partial charge in [0.25, 0.3) is 0 Å². The molecule has 0 spiro atoms. The van der Waals surface area contributed by atoms with Gasteiger partial charge in [-0.15, -0.1) is 0 Å². The average molecular weight is 298 g/mol. The maximum atomic E-state index is 12.4. The number of esters is 2. The second-order valence-corrected chi connectivity index (χ2v) is 7.20. The summed E-state index contributed by atoms with van der Waals surface area (Å²) < 4.78 is 10.1. The molecule has 0 amide bonds. The van der Waals surface area contributed by atoms with Gasteiger partial charge in [0, 0.05) is 6.08 Å². The lowest BCUT2D eigenvalue weighted by Gasteiger charge is -2.35. The quantitative estimate of drug-likeness (QED) is 0.389. The molecular formula is C17H30O4. The van der Waals surface area contributed by atoms with Gasteiger partial charge in [0.2, 0.25) is 0 Å². The fraction of sp³-hybridized carbons (Fsp3) is 0.765. The van der Waals surface area contributed by atoms with E-state index in [1.807, 2.05) is 0 Å². The summed E-state index contributed by atoms with van der Waals surface area (Å²) in [5, 5.41) is 0. The van der Waals surface area contributed by atoms with Crippen LogP contribution in [0.15, 0.2) is 12.7 Å². The van der Waals surface area contributed by atoms with E-state index in [1.54, 1.807) is 0 Å². The van der Waals surface area contributed by atoms with Gasteiger partial charge in [0.15, 0.2) is 0 Å². The van der Waals surface area contributed by atoms with Crippen LogP contribution in [-0.4, -0.2) is 25.2 Å². The van der Waals surface area contributed by atoms with E-state index < -0.39 is 5.97 Å². The van der Waals surface area contributed by atoms with Crippen LogP contribution >= 0.6 is 0 Å². The van der Waals surface area contributed by atoms with Crippen LogP contribution in [0.5, 0.6) is 0 Å². The van der Waals surface area contributed by atoms with Crippen molar-refractivity contribution in [3.05, 3.63) is 12.7 Å². The first kappa shape index (κ1) is 19.7. The van der Waals surface area contributed by atoms with Gasteiger partial charge in [0.1, 0.15) is 13.2 Å². The van der Waals surface area contributed by atoms with E-state index in [4.69, 9.17) is 9.47 Å². The molecule has 0 aromatic heterocycles. The van der Waals surface area contributed by atoms with Gasteiger partial charge in [-0.05, 0) is 17.3 Å². The van der Waals surface area contributed by atoms with Crippen molar-refractivity contribution < 1.29 is 19.1 Å². The summed E-state index contributed by atoms with van der Waals surface area (Å²) in [4.78, 5) is 23.3. The highest BCUT2D eigenvalue weighted by Crippen LogP contribution is 2.39. The van der Waals surface area contributed by atoms with Crippen LogP contribution in [0, 0.1) is 16.7 Å². The minimum atomic E-state index is -0.508. The van der Waals surface area contributed by atoms with Crippen LogP contribution in [0.1, 0.15) is 54.4 Å². The zero-order valence-electron chi connectivity index (χ0n) is 14.3. The van der Waals surface area contributed by atoms with Gasteiger partial charge in [0.05, 0.1) is 5.92 Å². The van der Waals surface area contributed by atoms with E-state index in [2.05, 4.69) is 48.1 Å². The molecule has 0 N–H and O–H groups in total. The van der Waals surface area contributed by atoms with Crippen molar-refractivity contribution in [3.63, 3.8) is 0 Å². The zero-order valence-corrected chi connectivity index (χ0v) is 14.3. The fourth-order valence-electron chi connectivity index (χ4n) is 1.98. The first-order chi connectivity index (χ1) is 9.53. The lowest BCUT2D eigenvalue weighted by Crippen LogP contribution is -2.35. The molecule has 0 aliphatic rings. The van der Waals surface area contributed by atoms with E-state index in [0.717, 1.165) is 18.9 Å². The smallest absolute Gasteiger partial charge is 0.330 e. The molecule has 0 rings (SSSR count). The zero-order chi connectivity index (χ0) is 16.7. The second-order valence-electron chi connectivity index (χ2n) is 7.20. The predicted molar refractivity (Wildman–Crippen MR) is 83.7 cm³/mol. The first-order valence-corrected chi connectivity index (χ1v) is 7.49. The van der Waals surface area contributed by atoms with Crippen LogP contribution in [0.2, 0.25) is 0 Å². The molecule has 0 fully saturated rings. The Balaban J connectivity index is 4.59. The van der Waals surface area contributed by atoms with Crippen molar-refractivity contribution >= 4 is 11.9 Å². The molecule has 4 heteroatoms. The molecule has 1 atom stereocenters. The Morgan fingerprint density at radius 3 is 2.05 bits per heavy atom. The molecular weight excluding hydrogens is 268 g/mol. The van der Waals surface area contributed by atoms with Crippen molar-refractivity contribution in [1.29, 1.82) is 0 Å². The molecule has 0 radical (unpaired) electrons. The largest absolute Gasteiger partial charge is 0.462 e. The summed E-state index contributed by atoms with van der Waals surface area (Å²) in [7, 11) is 0. The lowest BCUT2D eigenvalue weighted by molar-refractivity contribution is -0.158. The molecule has 1 unspecified atom stereocenters. The standard InChI is InChI=1S/C17H30O4/c1-8-14(18)20-10-11-21-15(19)13(12-16(3,4)5)17(6,7)9-2/h8,13H,1,9-12H2,2-7H3. The van der Waals surface area contributed by atoms with Crippen LogP contribution in [-0.2, 0) is 19.1 Å². The van der Waals surface area contributed by atoms with Crippen molar-refractivity contribution in [1.82, 2.24) is 0 Å². The summed E-state index contributed by atoms with van der Waals surface area (Å²) in [5.41, 5.74) is -0.0758. The highest BCUT2D eigenvalue weighted by Gasteiger charge is 2.37. The Morgan fingerprint density at radius 1 is 1.10 bits per heavy atom. The van der Waals surface area contributed by atoms with E-state index in [-0.39, 0.29) is 35.9 Å². The molecule has 122 valence electrons. The van der Waals surface area contributed by atoms with Gasteiger partial charge >= 0.3 is 11.9 Å². The molecule has 0 aromatic carbocycles. The van der Waals surface area contributed by atoms with E-state index in [1.165, 1.54) is 0 Å². The van der Waals surface area contributed by atoms with Crippen LogP contribution in [0.25, 0.3) is 0 Å². The van der Waals surface area contributed by atoms with Crippen LogP contribution < -0.4 is 0 Å². The minimum Gasteiger partial charge on any atom is -0.462 e. The van der Waals surface area contributed by atoms with Crippen molar-refractivity contribution in [2.45, 2.75) is 54.4 Å². The Labute approximate surface area is 128 Å². The summed E-state index contributed by atoms with van der Waals surface area (Å²) in [6, 6.07) is 0. The Morgan fingerprint density at radius 2 is 1.62 bits per heavy atom. The third-order valence-electron chi connectivity index (χ3n) is 3.69. The SMILES string of the molecule is C=CC(=O)OCCOC(=O)C(CC(C)(C)C)C(C)(C)CC. The van der Waals surface area contributed by atoms with E-state index >= 15 is 0 Å². The molecule has 0 aliphatic carbocycles. The molecule has 0 heterocycles. The number of carbonyl (C=O) groups is 2. The molecule has 0 saturated heterocycles. The molecule has 0 aromatic rings. The van der Waals surface area contributed by atoms with Crippen molar-refractivity contribution in [2.24, 2.45) is 16.7 Å². The number of carbonyl (C=O) groups excluding carboxylic acids is 2. The summed E-state index contributed by atoms with van der Waals surface area (Å²) in [5.74, 6) is -0.893. The van der Waals surface area contributed by atoms with Gasteiger partial charge in [-0.1, -0.05) is 54.5 Å². The van der Waals surface area contributed by atoms with Gasteiger partial charge in [-0.25, -0.2) is 4.79 Å². The maximum Gasteiger partial charge on any atom is 0.330 e. The Bertz CT molecular complexity index is 363. The predicted octanol–water partition coefficient (Wildman–Crippen LogP) is 3.75. The van der Waals surface area contributed by atoms with Gasteiger partial charge in [-0.3, -0.25) is 4.79 Å². The lowest BCUT2D eigenvalue weighted by atomic mass is 9.70. The third-order valence-corrected chi connectivity index (χ3v) is 3.69.